The van der Waals surface area contributed by atoms with Crippen molar-refractivity contribution in [1.82, 2.24) is 5.32 Å². The third-order valence-electron chi connectivity index (χ3n) is 3.04. The fraction of sp³-hybridized carbons (Fsp3) is 0.529. The highest BCUT2D eigenvalue weighted by atomic mass is 16.5. The van der Waals surface area contributed by atoms with Crippen molar-refractivity contribution in [3.63, 3.8) is 0 Å². The first kappa shape index (κ1) is 15.6. The summed E-state index contributed by atoms with van der Waals surface area (Å²) in [4.78, 5) is 0. The van der Waals surface area contributed by atoms with Gasteiger partial charge in [-0.15, -0.1) is 6.42 Å². The van der Waals surface area contributed by atoms with Crippen molar-refractivity contribution in [2.75, 3.05) is 6.61 Å². The van der Waals surface area contributed by atoms with E-state index in [9.17, 15) is 0 Å². The lowest BCUT2D eigenvalue weighted by atomic mass is 10.1. The third kappa shape index (κ3) is 6.31. The van der Waals surface area contributed by atoms with Gasteiger partial charge in [-0.05, 0) is 38.0 Å². The predicted octanol–water partition coefficient (Wildman–Crippen LogP) is 3.76. The molecule has 2 heteroatoms. The molecule has 0 bridgehead atoms. The number of hydrogen-bond acceptors (Lipinski definition) is 2. The molecule has 0 unspecified atom stereocenters. The monoisotopic (exact) mass is 259 g/mol. The van der Waals surface area contributed by atoms with Gasteiger partial charge in [-0.3, -0.25) is 5.32 Å². The summed E-state index contributed by atoms with van der Waals surface area (Å²) >= 11 is 0. The molecule has 0 aliphatic heterocycles. The van der Waals surface area contributed by atoms with Crippen LogP contribution in [-0.2, 0) is 6.54 Å². The molecule has 0 aliphatic rings. The van der Waals surface area contributed by atoms with Gasteiger partial charge in [0.15, 0.2) is 0 Å². The van der Waals surface area contributed by atoms with E-state index in [2.05, 4.69) is 30.3 Å². The van der Waals surface area contributed by atoms with Crippen LogP contribution in [0.3, 0.4) is 0 Å². The minimum absolute atomic E-state index is 0.269. The van der Waals surface area contributed by atoms with Crippen molar-refractivity contribution in [2.24, 2.45) is 0 Å². The number of nitrogens with one attached hydrogen (secondary N) is 1. The Hall–Kier alpha value is -1.46. The molecule has 1 rings (SSSR count). The van der Waals surface area contributed by atoms with Crippen LogP contribution in [0.2, 0.25) is 0 Å². The molecule has 0 heterocycles. The molecular formula is C17H25NO. The van der Waals surface area contributed by atoms with E-state index in [0.717, 1.165) is 25.3 Å². The van der Waals surface area contributed by atoms with Crippen LogP contribution in [0.25, 0.3) is 0 Å². The molecule has 0 amide bonds. The standard InChI is InChI=1S/C17H25NO/c1-5-7-8-13-19-16-11-9-15(10-12-16)14-18-17(3,4)6-2/h2,9-12,18H,5,7-8,13-14H2,1,3-4H3. The van der Waals surface area contributed by atoms with E-state index in [0.29, 0.717) is 0 Å². The van der Waals surface area contributed by atoms with Gasteiger partial charge in [0.05, 0.1) is 12.1 Å². The zero-order valence-corrected chi connectivity index (χ0v) is 12.3. The van der Waals surface area contributed by atoms with E-state index >= 15 is 0 Å². The molecule has 0 saturated heterocycles. The Morgan fingerprint density at radius 2 is 1.89 bits per heavy atom. The highest BCUT2D eigenvalue weighted by molar-refractivity contribution is 5.27. The predicted molar refractivity (Wildman–Crippen MR) is 81.2 cm³/mol. The molecule has 0 radical (unpaired) electrons. The van der Waals surface area contributed by atoms with Gasteiger partial charge in [0.2, 0.25) is 0 Å². The summed E-state index contributed by atoms with van der Waals surface area (Å²) in [5.74, 6) is 3.67. The molecular weight excluding hydrogens is 234 g/mol. The Balaban J connectivity index is 2.37. The molecule has 19 heavy (non-hydrogen) atoms. The second kappa shape index (κ2) is 7.86. The number of terminal acetylenes is 1. The molecule has 0 saturated carbocycles. The van der Waals surface area contributed by atoms with Crippen LogP contribution < -0.4 is 10.1 Å². The average Bonchev–Trinajstić information content (AvgIpc) is 2.43. The van der Waals surface area contributed by atoms with Crippen LogP contribution in [-0.4, -0.2) is 12.1 Å². The van der Waals surface area contributed by atoms with Crippen molar-refractivity contribution in [3.05, 3.63) is 29.8 Å². The smallest absolute Gasteiger partial charge is 0.119 e. The summed E-state index contributed by atoms with van der Waals surface area (Å²) in [6.45, 7) is 7.76. The molecule has 0 spiro atoms. The van der Waals surface area contributed by atoms with Crippen LogP contribution in [0, 0.1) is 12.3 Å². The second-order valence-corrected chi connectivity index (χ2v) is 5.32. The lowest BCUT2D eigenvalue weighted by molar-refractivity contribution is 0.306. The Morgan fingerprint density at radius 3 is 2.47 bits per heavy atom. The number of hydrogen-bond donors (Lipinski definition) is 1. The number of unbranched alkanes of at least 4 members (excludes halogenated alkanes) is 2. The third-order valence-corrected chi connectivity index (χ3v) is 3.04. The maximum Gasteiger partial charge on any atom is 0.119 e. The largest absolute Gasteiger partial charge is 0.494 e. The fourth-order valence-corrected chi connectivity index (χ4v) is 1.62. The summed E-state index contributed by atoms with van der Waals surface area (Å²) in [5.41, 5.74) is 0.944. The first-order valence-corrected chi connectivity index (χ1v) is 7.02. The van der Waals surface area contributed by atoms with Crippen molar-refractivity contribution < 1.29 is 4.74 Å². The van der Waals surface area contributed by atoms with Crippen LogP contribution in [0.1, 0.15) is 45.6 Å². The first-order chi connectivity index (χ1) is 9.07. The highest BCUT2D eigenvalue weighted by Gasteiger charge is 2.11. The van der Waals surface area contributed by atoms with Gasteiger partial charge in [-0.25, -0.2) is 0 Å². The molecule has 1 aromatic carbocycles. The summed E-state index contributed by atoms with van der Waals surface area (Å²) in [6.07, 6.45) is 9.01. The van der Waals surface area contributed by atoms with E-state index in [1.165, 1.54) is 18.4 Å². The lowest BCUT2D eigenvalue weighted by Gasteiger charge is -2.19. The van der Waals surface area contributed by atoms with Crippen LogP contribution in [0.4, 0.5) is 0 Å². The Morgan fingerprint density at radius 1 is 1.21 bits per heavy atom. The zero-order valence-electron chi connectivity index (χ0n) is 12.3. The molecule has 1 aromatic rings. The van der Waals surface area contributed by atoms with E-state index in [1.807, 2.05) is 26.0 Å². The highest BCUT2D eigenvalue weighted by Crippen LogP contribution is 2.13. The van der Waals surface area contributed by atoms with Crippen molar-refractivity contribution >= 4 is 0 Å². The van der Waals surface area contributed by atoms with Gasteiger partial charge in [0.25, 0.3) is 0 Å². The van der Waals surface area contributed by atoms with Gasteiger partial charge in [-0.2, -0.15) is 0 Å². The summed E-state index contributed by atoms with van der Waals surface area (Å²) in [5, 5.41) is 3.33. The average molecular weight is 259 g/mol. The summed E-state index contributed by atoms with van der Waals surface area (Å²) < 4.78 is 5.68. The topological polar surface area (TPSA) is 21.3 Å². The van der Waals surface area contributed by atoms with Gasteiger partial charge in [0.1, 0.15) is 5.75 Å². The van der Waals surface area contributed by atoms with Gasteiger partial charge in [-0.1, -0.05) is 37.8 Å². The van der Waals surface area contributed by atoms with E-state index in [1.54, 1.807) is 0 Å². The minimum atomic E-state index is -0.269. The molecule has 0 fully saturated rings. The minimum Gasteiger partial charge on any atom is -0.494 e. The molecule has 2 nitrogen and oxygen atoms in total. The number of rotatable bonds is 8. The van der Waals surface area contributed by atoms with Crippen LogP contribution in [0.5, 0.6) is 5.75 Å². The van der Waals surface area contributed by atoms with Gasteiger partial charge in [0, 0.05) is 6.54 Å². The Bertz CT molecular complexity index is 400. The molecule has 104 valence electrons. The van der Waals surface area contributed by atoms with E-state index < -0.39 is 0 Å². The van der Waals surface area contributed by atoms with Crippen molar-refractivity contribution in [2.45, 2.75) is 52.1 Å². The number of benzene rings is 1. The molecule has 0 aromatic heterocycles. The van der Waals surface area contributed by atoms with Crippen molar-refractivity contribution in [1.29, 1.82) is 0 Å². The lowest BCUT2D eigenvalue weighted by Crippen LogP contribution is -2.36. The normalized spacial score (nSPS) is 11.1. The molecule has 1 N–H and O–H groups in total. The van der Waals surface area contributed by atoms with Crippen LogP contribution in [0.15, 0.2) is 24.3 Å². The molecule has 0 atom stereocenters. The summed E-state index contributed by atoms with van der Waals surface area (Å²) in [7, 11) is 0. The number of ether oxygens (including phenoxy) is 1. The first-order valence-electron chi connectivity index (χ1n) is 7.02. The molecule has 0 aliphatic carbocycles. The maximum atomic E-state index is 5.68. The van der Waals surface area contributed by atoms with Crippen molar-refractivity contribution in [3.8, 4) is 18.1 Å². The van der Waals surface area contributed by atoms with E-state index in [-0.39, 0.29) is 5.54 Å². The summed E-state index contributed by atoms with van der Waals surface area (Å²) in [6, 6.07) is 8.20. The fourth-order valence-electron chi connectivity index (χ4n) is 1.62. The Kier molecular flexibility index (Phi) is 6.45. The van der Waals surface area contributed by atoms with Gasteiger partial charge < -0.3 is 4.74 Å². The quantitative estimate of drug-likeness (QED) is 0.567. The zero-order chi connectivity index (χ0) is 14.1. The maximum absolute atomic E-state index is 5.68. The second-order valence-electron chi connectivity index (χ2n) is 5.32. The SMILES string of the molecule is C#CC(C)(C)NCc1ccc(OCCCCC)cc1. The Labute approximate surface area is 117 Å². The van der Waals surface area contributed by atoms with E-state index in [4.69, 9.17) is 11.2 Å². The van der Waals surface area contributed by atoms with Gasteiger partial charge >= 0.3 is 0 Å². The van der Waals surface area contributed by atoms with Crippen LogP contribution >= 0.6 is 0 Å².